The maximum Gasteiger partial charge on any atom is 0.416 e. The Hall–Kier alpha value is -1.42. The van der Waals surface area contributed by atoms with Gasteiger partial charge in [0, 0.05) is 22.5 Å². The molecule has 0 aliphatic heterocycles. The van der Waals surface area contributed by atoms with Crippen LogP contribution < -0.4 is 0 Å². The van der Waals surface area contributed by atoms with E-state index in [2.05, 4.69) is 4.98 Å². The van der Waals surface area contributed by atoms with Crippen LogP contribution in [-0.4, -0.2) is 4.98 Å². The van der Waals surface area contributed by atoms with Gasteiger partial charge >= 0.3 is 6.18 Å². The van der Waals surface area contributed by atoms with Crippen LogP contribution in [0.3, 0.4) is 0 Å². The topological polar surface area (TPSA) is 15.8 Å². The Morgan fingerprint density at radius 1 is 1.12 bits per heavy atom. The highest BCUT2D eigenvalue weighted by molar-refractivity contribution is 6.33. The smallest absolute Gasteiger partial charge is 0.361 e. The summed E-state index contributed by atoms with van der Waals surface area (Å²) in [6.45, 7) is 0. The Morgan fingerprint density at radius 3 is 2.44 bits per heavy atom. The molecule has 1 nitrogen and oxygen atoms in total. The molecule has 0 radical (unpaired) electrons. The second kappa shape index (κ2) is 3.87. The summed E-state index contributed by atoms with van der Waals surface area (Å²) in [7, 11) is 0. The van der Waals surface area contributed by atoms with E-state index in [1.807, 2.05) is 0 Å². The zero-order valence-corrected chi connectivity index (χ0v) is 8.73. The zero-order chi connectivity index (χ0) is 11.8. The van der Waals surface area contributed by atoms with Gasteiger partial charge in [0.15, 0.2) is 0 Å². The fourth-order valence-electron chi connectivity index (χ4n) is 1.41. The molecule has 16 heavy (non-hydrogen) atoms. The van der Waals surface area contributed by atoms with Gasteiger partial charge in [-0.15, -0.1) is 0 Å². The highest BCUT2D eigenvalue weighted by Gasteiger charge is 2.31. The Bertz CT molecular complexity index is 488. The Balaban J connectivity index is 2.54. The first kappa shape index (κ1) is 11.1. The van der Waals surface area contributed by atoms with Crippen LogP contribution in [0.15, 0.2) is 36.5 Å². The highest BCUT2D eigenvalue weighted by Crippen LogP contribution is 2.35. The van der Waals surface area contributed by atoms with E-state index in [9.17, 15) is 13.2 Å². The van der Waals surface area contributed by atoms with Crippen molar-refractivity contribution in [1.29, 1.82) is 0 Å². The molecule has 84 valence electrons. The van der Waals surface area contributed by atoms with Gasteiger partial charge < -0.3 is 4.98 Å². The summed E-state index contributed by atoms with van der Waals surface area (Å²) in [5.74, 6) is 0. The van der Waals surface area contributed by atoms with E-state index < -0.39 is 11.7 Å². The first-order chi connectivity index (χ1) is 7.48. The van der Waals surface area contributed by atoms with Gasteiger partial charge in [-0.2, -0.15) is 13.2 Å². The maximum atomic E-state index is 12.5. The highest BCUT2D eigenvalue weighted by atomic mass is 35.5. The predicted octanol–water partition coefficient (Wildman–Crippen LogP) is 4.35. The van der Waals surface area contributed by atoms with Crippen LogP contribution in [0.1, 0.15) is 5.56 Å². The molecule has 0 aliphatic carbocycles. The molecule has 0 saturated carbocycles. The molecule has 0 bridgehead atoms. The second-order valence-electron chi connectivity index (χ2n) is 3.28. The predicted molar refractivity (Wildman–Crippen MR) is 56.2 cm³/mol. The van der Waals surface area contributed by atoms with E-state index in [4.69, 9.17) is 11.6 Å². The summed E-state index contributed by atoms with van der Waals surface area (Å²) in [5.41, 5.74) is 0.207. The van der Waals surface area contributed by atoms with Crippen molar-refractivity contribution < 1.29 is 13.2 Å². The molecule has 0 aliphatic rings. The average Bonchev–Trinajstić information content (AvgIpc) is 2.69. The van der Waals surface area contributed by atoms with Crippen LogP contribution in [0.4, 0.5) is 13.2 Å². The summed E-state index contributed by atoms with van der Waals surface area (Å²) in [6, 6.07) is 6.62. The molecule has 2 aromatic rings. The molecule has 0 saturated heterocycles. The van der Waals surface area contributed by atoms with Crippen molar-refractivity contribution in [1.82, 2.24) is 4.98 Å². The minimum absolute atomic E-state index is 0.287. The number of benzene rings is 1. The summed E-state index contributed by atoms with van der Waals surface area (Å²) in [6.07, 6.45) is -2.72. The third-order valence-corrected chi connectivity index (χ3v) is 2.51. The van der Waals surface area contributed by atoms with Gasteiger partial charge in [0.05, 0.1) is 5.56 Å². The van der Waals surface area contributed by atoms with E-state index >= 15 is 0 Å². The third-order valence-electron chi connectivity index (χ3n) is 2.18. The monoisotopic (exact) mass is 245 g/mol. The lowest BCUT2D eigenvalue weighted by Crippen LogP contribution is -2.04. The minimum atomic E-state index is -4.36. The first-order valence-corrected chi connectivity index (χ1v) is 4.87. The van der Waals surface area contributed by atoms with Crippen LogP contribution in [-0.2, 0) is 6.18 Å². The van der Waals surface area contributed by atoms with Gasteiger partial charge in [0.1, 0.15) is 0 Å². The van der Waals surface area contributed by atoms with Gasteiger partial charge in [0.2, 0.25) is 0 Å². The molecule has 0 fully saturated rings. The summed E-state index contributed by atoms with van der Waals surface area (Å²) >= 11 is 5.85. The molecule has 1 N–H and O–H groups in total. The van der Waals surface area contributed by atoms with Gasteiger partial charge in [0.25, 0.3) is 0 Å². The molecular formula is C11H7ClF3N. The number of rotatable bonds is 1. The molecule has 1 aromatic heterocycles. The molecular weight excluding hydrogens is 239 g/mol. The fourth-order valence-corrected chi connectivity index (χ4v) is 1.63. The lowest BCUT2D eigenvalue weighted by Gasteiger charge is -2.09. The van der Waals surface area contributed by atoms with E-state index in [1.165, 1.54) is 6.07 Å². The number of alkyl halides is 3. The fraction of sp³-hybridized carbons (Fsp3) is 0.0909. The Kier molecular flexibility index (Phi) is 2.68. The van der Waals surface area contributed by atoms with E-state index in [0.717, 1.165) is 12.1 Å². The van der Waals surface area contributed by atoms with Crippen molar-refractivity contribution in [2.45, 2.75) is 6.18 Å². The van der Waals surface area contributed by atoms with Crippen LogP contribution in [0.5, 0.6) is 0 Å². The van der Waals surface area contributed by atoms with Crippen molar-refractivity contribution in [2.24, 2.45) is 0 Å². The largest absolute Gasteiger partial charge is 0.416 e. The number of hydrogen-bond acceptors (Lipinski definition) is 0. The maximum absolute atomic E-state index is 12.5. The summed E-state index contributed by atoms with van der Waals surface area (Å²) < 4.78 is 37.5. The van der Waals surface area contributed by atoms with Crippen molar-refractivity contribution >= 4 is 11.6 Å². The van der Waals surface area contributed by atoms with Crippen LogP contribution in [0.25, 0.3) is 11.3 Å². The standard InChI is InChI=1S/C11H7ClF3N/c12-9-4-3-7(11(13,14)15)6-8(9)10-2-1-5-16-10/h1-6,16H. The Morgan fingerprint density at radius 2 is 1.88 bits per heavy atom. The quantitative estimate of drug-likeness (QED) is 0.769. The number of aromatic amines is 1. The molecule has 1 heterocycles. The molecule has 2 rings (SSSR count). The van der Waals surface area contributed by atoms with E-state index in [0.29, 0.717) is 11.3 Å². The normalized spacial score (nSPS) is 11.8. The second-order valence-corrected chi connectivity index (χ2v) is 3.68. The molecule has 0 amide bonds. The third kappa shape index (κ3) is 2.07. The number of aromatic nitrogens is 1. The number of hydrogen-bond donors (Lipinski definition) is 1. The van der Waals surface area contributed by atoms with Crippen LogP contribution in [0, 0.1) is 0 Å². The molecule has 0 unspecified atom stereocenters. The molecule has 0 atom stereocenters. The number of halogens is 4. The summed E-state index contributed by atoms with van der Waals surface area (Å²) in [4.78, 5) is 2.82. The lowest BCUT2D eigenvalue weighted by atomic mass is 10.1. The van der Waals surface area contributed by atoms with Crippen molar-refractivity contribution in [3.63, 3.8) is 0 Å². The number of nitrogens with one attached hydrogen (secondary N) is 1. The van der Waals surface area contributed by atoms with Crippen LogP contribution in [0.2, 0.25) is 5.02 Å². The van der Waals surface area contributed by atoms with E-state index in [1.54, 1.807) is 18.3 Å². The lowest BCUT2D eigenvalue weighted by molar-refractivity contribution is -0.137. The van der Waals surface area contributed by atoms with Crippen LogP contribution >= 0.6 is 11.6 Å². The molecule has 1 aromatic carbocycles. The average molecular weight is 246 g/mol. The SMILES string of the molecule is FC(F)(F)c1ccc(Cl)c(-c2ccc[nH]2)c1. The van der Waals surface area contributed by atoms with Gasteiger partial charge in [-0.3, -0.25) is 0 Å². The van der Waals surface area contributed by atoms with Gasteiger partial charge in [-0.25, -0.2) is 0 Å². The summed E-state index contributed by atoms with van der Waals surface area (Å²) in [5, 5.41) is 0.287. The minimum Gasteiger partial charge on any atom is -0.361 e. The van der Waals surface area contributed by atoms with Crippen molar-refractivity contribution in [2.75, 3.05) is 0 Å². The Labute approximate surface area is 94.9 Å². The molecule has 0 spiro atoms. The van der Waals surface area contributed by atoms with Crippen molar-refractivity contribution in [3.8, 4) is 11.3 Å². The number of H-pyrrole nitrogens is 1. The zero-order valence-electron chi connectivity index (χ0n) is 7.98. The van der Waals surface area contributed by atoms with Crippen molar-refractivity contribution in [3.05, 3.63) is 47.1 Å². The van der Waals surface area contributed by atoms with Gasteiger partial charge in [-0.1, -0.05) is 11.6 Å². The first-order valence-electron chi connectivity index (χ1n) is 4.49. The van der Waals surface area contributed by atoms with E-state index in [-0.39, 0.29) is 5.02 Å². The van der Waals surface area contributed by atoms with Gasteiger partial charge in [-0.05, 0) is 30.3 Å². The molecule has 5 heteroatoms.